The van der Waals surface area contributed by atoms with Crippen LogP contribution in [0, 0.1) is 6.92 Å². The number of carbonyl (C=O) groups is 1. The molecule has 0 saturated carbocycles. The van der Waals surface area contributed by atoms with Crippen molar-refractivity contribution in [1.29, 1.82) is 0 Å². The highest BCUT2D eigenvalue weighted by Crippen LogP contribution is 2.20. The van der Waals surface area contributed by atoms with Crippen LogP contribution in [0.25, 0.3) is 0 Å². The molecule has 0 radical (unpaired) electrons. The molecule has 2 N–H and O–H groups in total. The SMILES string of the molecule is Cc1ccc(S(=O)(=O)NC(C)c2nc(C(=O)O)cs2)cc1. The Morgan fingerprint density at radius 2 is 1.95 bits per heavy atom. The third-order valence-electron chi connectivity index (χ3n) is 2.77. The molecule has 1 aromatic carbocycles. The molecular formula is C13H14N2O4S2. The van der Waals surface area contributed by atoms with Gasteiger partial charge in [-0.05, 0) is 26.0 Å². The van der Waals surface area contributed by atoms with Gasteiger partial charge in [-0.1, -0.05) is 17.7 Å². The summed E-state index contributed by atoms with van der Waals surface area (Å²) in [6.07, 6.45) is 0. The summed E-state index contributed by atoms with van der Waals surface area (Å²) >= 11 is 1.11. The molecule has 1 unspecified atom stereocenters. The molecule has 0 amide bonds. The summed E-state index contributed by atoms with van der Waals surface area (Å²) < 4.78 is 26.9. The first-order chi connectivity index (χ1) is 9.79. The molecule has 0 aliphatic rings. The zero-order valence-electron chi connectivity index (χ0n) is 11.4. The Balaban J connectivity index is 2.19. The number of sulfonamides is 1. The maximum Gasteiger partial charge on any atom is 0.355 e. The standard InChI is InChI=1S/C13H14N2O4S2/c1-8-3-5-10(6-4-8)21(18,19)15-9(2)12-14-11(7-20-12)13(16)17/h3-7,9,15H,1-2H3,(H,16,17). The molecule has 0 bridgehead atoms. The average Bonchev–Trinajstić information content (AvgIpc) is 2.88. The van der Waals surface area contributed by atoms with E-state index in [4.69, 9.17) is 5.11 Å². The minimum Gasteiger partial charge on any atom is -0.476 e. The highest BCUT2D eigenvalue weighted by Gasteiger charge is 2.21. The molecule has 0 aliphatic heterocycles. The molecule has 8 heteroatoms. The van der Waals surface area contributed by atoms with Crippen molar-refractivity contribution in [3.05, 3.63) is 45.9 Å². The predicted octanol–water partition coefficient (Wildman–Crippen LogP) is 2.19. The van der Waals surface area contributed by atoms with Crippen LogP contribution >= 0.6 is 11.3 Å². The van der Waals surface area contributed by atoms with Crippen LogP contribution in [0.5, 0.6) is 0 Å². The number of aryl methyl sites for hydroxylation is 1. The molecule has 2 aromatic rings. The average molecular weight is 326 g/mol. The van der Waals surface area contributed by atoms with Gasteiger partial charge in [-0.3, -0.25) is 0 Å². The summed E-state index contributed by atoms with van der Waals surface area (Å²) in [4.78, 5) is 14.8. The maximum atomic E-state index is 12.2. The smallest absolute Gasteiger partial charge is 0.355 e. The van der Waals surface area contributed by atoms with Crippen molar-refractivity contribution in [2.45, 2.75) is 24.8 Å². The number of aromatic carboxylic acids is 1. The molecule has 2 rings (SSSR count). The van der Waals surface area contributed by atoms with Crippen molar-refractivity contribution in [2.75, 3.05) is 0 Å². The highest BCUT2D eigenvalue weighted by atomic mass is 32.2. The van der Waals surface area contributed by atoms with E-state index in [1.54, 1.807) is 19.1 Å². The lowest BCUT2D eigenvalue weighted by Gasteiger charge is -2.12. The molecule has 1 aromatic heterocycles. The number of hydrogen-bond acceptors (Lipinski definition) is 5. The number of aromatic nitrogens is 1. The second-order valence-electron chi connectivity index (χ2n) is 4.53. The van der Waals surface area contributed by atoms with Gasteiger partial charge in [0.05, 0.1) is 10.9 Å². The number of hydrogen-bond donors (Lipinski definition) is 2. The summed E-state index contributed by atoms with van der Waals surface area (Å²) in [5.74, 6) is -1.13. The third kappa shape index (κ3) is 3.66. The summed E-state index contributed by atoms with van der Waals surface area (Å²) in [5.41, 5.74) is 0.879. The van der Waals surface area contributed by atoms with Gasteiger partial charge in [-0.15, -0.1) is 11.3 Å². The fourth-order valence-corrected chi connectivity index (χ4v) is 3.74. The van der Waals surface area contributed by atoms with E-state index in [-0.39, 0.29) is 10.6 Å². The van der Waals surface area contributed by atoms with Crippen molar-refractivity contribution in [3.63, 3.8) is 0 Å². The van der Waals surface area contributed by atoms with Crippen molar-refractivity contribution in [2.24, 2.45) is 0 Å². The van der Waals surface area contributed by atoms with E-state index in [2.05, 4.69) is 9.71 Å². The fraction of sp³-hybridized carbons (Fsp3) is 0.231. The van der Waals surface area contributed by atoms with E-state index < -0.39 is 22.0 Å². The van der Waals surface area contributed by atoms with E-state index in [0.29, 0.717) is 5.01 Å². The summed E-state index contributed by atoms with van der Waals surface area (Å²) in [6, 6.07) is 5.87. The quantitative estimate of drug-likeness (QED) is 0.878. The Bertz CT molecular complexity index is 751. The first kappa shape index (κ1) is 15.6. The van der Waals surface area contributed by atoms with E-state index in [9.17, 15) is 13.2 Å². The van der Waals surface area contributed by atoms with Crippen LogP contribution in [0.15, 0.2) is 34.5 Å². The number of rotatable bonds is 5. The second-order valence-corrected chi connectivity index (χ2v) is 7.14. The lowest BCUT2D eigenvalue weighted by Crippen LogP contribution is -2.26. The normalized spacial score (nSPS) is 13.0. The van der Waals surface area contributed by atoms with Gasteiger partial charge in [-0.25, -0.2) is 22.9 Å². The molecule has 1 heterocycles. The molecule has 0 fully saturated rings. The minimum atomic E-state index is -3.67. The van der Waals surface area contributed by atoms with Crippen molar-refractivity contribution in [1.82, 2.24) is 9.71 Å². The lowest BCUT2D eigenvalue weighted by molar-refractivity contribution is 0.0691. The first-order valence-corrected chi connectivity index (χ1v) is 8.43. The number of nitrogens with one attached hydrogen (secondary N) is 1. The fourth-order valence-electron chi connectivity index (χ4n) is 1.65. The minimum absolute atomic E-state index is 0.0867. The highest BCUT2D eigenvalue weighted by molar-refractivity contribution is 7.89. The van der Waals surface area contributed by atoms with Gasteiger partial charge >= 0.3 is 5.97 Å². The topological polar surface area (TPSA) is 96.4 Å². The molecule has 6 nitrogen and oxygen atoms in total. The number of carboxylic acid groups (broad SMARTS) is 1. The van der Waals surface area contributed by atoms with Crippen molar-refractivity contribution in [3.8, 4) is 0 Å². The van der Waals surface area contributed by atoms with E-state index in [1.165, 1.54) is 17.5 Å². The van der Waals surface area contributed by atoms with Crippen LogP contribution in [0.3, 0.4) is 0 Å². The number of nitrogens with zero attached hydrogens (tertiary/aromatic N) is 1. The molecule has 0 spiro atoms. The summed E-state index contributed by atoms with van der Waals surface area (Å²) in [7, 11) is -3.67. The second kappa shape index (κ2) is 5.92. The Kier molecular flexibility index (Phi) is 4.40. The van der Waals surface area contributed by atoms with Crippen LogP contribution in [0.2, 0.25) is 0 Å². The molecule has 0 aliphatic carbocycles. The van der Waals surface area contributed by atoms with Gasteiger partial charge in [0.25, 0.3) is 0 Å². The molecule has 112 valence electrons. The molecular weight excluding hydrogens is 312 g/mol. The van der Waals surface area contributed by atoms with Gasteiger partial charge in [0.15, 0.2) is 5.69 Å². The summed E-state index contributed by atoms with van der Waals surface area (Å²) in [6.45, 7) is 3.49. The van der Waals surface area contributed by atoms with Gasteiger partial charge in [0.2, 0.25) is 10.0 Å². The molecule has 21 heavy (non-hydrogen) atoms. The Morgan fingerprint density at radius 3 is 2.48 bits per heavy atom. The van der Waals surface area contributed by atoms with Gasteiger partial charge in [0.1, 0.15) is 5.01 Å². The van der Waals surface area contributed by atoms with Gasteiger partial charge in [-0.2, -0.15) is 0 Å². The zero-order valence-corrected chi connectivity index (χ0v) is 13.0. The zero-order chi connectivity index (χ0) is 15.6. The van der Waals surface area contributed by atoms with E-state index in [1.807, 2.05) is 6.92 Å². The van der Waals surface area contributed by atoms with Gasteiger partial charge in [0, 0.05) is 5.38 Å². The summed E-state index contributed by atoms with van der Waals surface area (Å²) in [5, 5.41) is 10.6. The van der Waals surface area contributed by atoms with E-state index >= 15 is 0 Å². The Hall–Kier alpha value is -1.77. The number of carboxylic acids is 1. The first-order valence-electron chi connectivity index (χ1n) is 6.07. The van der Waals surface area contributed by atoms with Crippen LogP contribution in [0.4, 0.5) is 0 Å². The van der Waals surface area contributed by atoms with Gasteiger partial charge < -0.3 is 5.11 Å². The Labute approximate surface area is 126 Å². The maximum absolute atomic E-state index is 12.2. The molecule has 1 atom stereocenters. The Morgan fingerprint density at radius 1 is 1.33 bits per heavy atom. The predicted molar refractivity (Wildman–Crippen MR) is 79.0 cm³/mol. The van der Waals surface area contributed by atoms with Crippen LogP contribution in [-0.4, -0.2) is 24.5 Å². The largest absolute Gasteiger partial charge is 0.476 e. The van der Waals surface area contributed by atoms with Crippen LogP contribution < -0.4 is 4.72 Å². The third-order valence-corrected chi connectivity index (χ3v) is 5.36. The van der Waals surface area contributed by atoms with Crippen LogP contribution in [-0.2, 0) is 10.0 Å². The van der Waals surface area contributed by atoms with Crippen molar-refractivity contribution < 1.29 is 18.3 Å². The van der Waals surface area contributed by atoms with Crippen LogP contribution in [0.1, 0.15) is 34.0 Å². The van der Waals surface area contributed by atoms with E-state index in [0.717, 1.165) is 16.9 Å². The molecule has 0 saturated heterocycles. The van der Waals surface area contributed by atoms with Crippen molar-refractivity contribution >= 4 is 27.3 Å². The lowest BCUT2D eigenvalue weighted by atomic mass is 10.2. The number of benzene rings is 1. The monoisotopic (exact) mass is 326 g/mol. The number of thiazole rings is 1.